The van der Waals surface area contributed by atoms with Crippen molar-refractivity contribution in [3.05, 3.63) is 45.7 Å². The number of halogens is 1. The van der Waals surface area contributed by atoms with E-state index in [2.05, 4.69) is 28.9 Å². The van der Waals surface area contributed by atoms with Gasteiger partial charge in [-0.2, -0.15) is 0 Å². The molecule has 1 aliphatic heterocycles. The zero-order valence-corrected chi connectivity index (χ0v) is 16.3. The fraction of sp³-hybridized carbons (Fsp3) is 0.526. The van der Waals surface area contributed by atoms with Gasteiger partial charge in [0.1, 0.15) is 15.8 Å². The van der Waals surface area contributed by atoms with Crippen LogP contribution in [0.15, 0.2) is 24.3 Å². The van der Waals surface area contributed by atoms with Crippen LogP contribution in [0.25, 0.3) is 0 Å². The molecule has 0 saturated carbocycles. The molecule has 1 unspecified atom stereocenters. The summed E-state index contributed by atoms with van der Waals surface area (Å²) in [7, 11) is 0. The Morgan fingerprint density at radius 1 is 1.23 bits per heavy atom. The number of carbonyl (C=O) groups excluding carboxylic acids is 1. The number of benzene rings is 1. The van der Waals surface area contributed by atoms with Gasteiger partial charge in [-0.25, -0.2) is 4.39 Å². The number of amides is 1. The van der Waals surface area contributed by atoms with Crippen LogP contribution in [0, 0.1) is 18.7 Å². The van der Waals surface area contributed by atoms with Gasteiger partial charge in [-0.15, -0.1) is 21.5 Å². The molecule has 1 aromatic heterocycles. The van der Waals surface area contributed by atoms with Gasteiger partial charge < -0.3 is 4.90 Å². The zero-order chi connectivity index (χ0) is 18.7. The molecule has 5 nitrogen and oxygen atoms in total. The summed E-state index contributed by atoms with van der Waals surface area (Å²) in [5.74, 6) is 0.231. The van der Waals surface area contributed by atoms with Crippen LogP contribution in [0.5, 0.6) is 0 Å². The number of aryl methyl sites for hydroxylation is 1. The van der Waals surface area contributed by atoms with Gasteiger partial charge in [0.2, 0.25) is 5.91 Å². The maximum Gasteiger partial charge on any atom is 0.224 e. The predicted molar refractivity (Wildman–Crippen MR) is 100 cm³/mol. The second-order valence-corrected chi connectivity index (χ2v) is 8.43. The van der Waals surface area contributed by atoms with Gasteiger partial charge in [0.05, 0.1) is 6.54 Å². The molecule has 2 aromatic rings. The highest BCUT2D eigenvalue weighted by atomic mass is 32.1. The largest absolute Gasteiger partial charge is 0.334 e. The lowest BCUT2D eigenvalue weighted by atomic mass is 10.0. The number of hydrogen-bond donors (Lipinski definition) is 0. The van der Waals surface area contributed by atoms with Gasteiger partial charge in [-0.3, -0.25) is 9.69 Å². The van der Waals surface area contributed by atoms with Crippen molar-refractivity contribution in [2.75, 3.05) is 13.1 Å². The molecule has 0 radical (unpaired) electrons. The Hall–Kier alpha value is -1.86. The van der Waals surface area contributed by atoms with Crippen molar-refractivity contribution in [1.82, 2.24) is 20.0 Å². The third kappa shape index (κ3) is 4.65. The number of rotatable bonds is 5. The van der Waals surface area contributed by atoms with Crippen LogP contribution in [0.4, 0.5) is 4.39 Å². The average molecular weight is 377 g/mol. The van der Waals surface area contributed by atoms with E-state index < -0.39 is 0 Å². The second-order valence-electron chi connectivity index (χ2n) is 7.16. The van der Waals surface area contributed by atoms with Crippen LogP contribution < -0.4 is 0 Å². The zero-order valence-electron chi connectivity index (χ0n) is 15.5. The maximum atomic E-state index is 13.2. The number of aromatic nitrogens is 2. The summed E-state index contributed by atoms with van der Waals surface area (Å²) in [6.45, 7) is 9.03. The van der Waals surface area contributed by atoms with Crippen molar-refractivity contribution in [2.24, 2.45) is 5.92 Å². The normalized spacial score (nSPS) is 19.2. The lowest BCUT2D eigenvalue weighted by molar-refractivity contribution is -0.134. The first-order valence-corrected chi connectivity index (χ1v) is 9.79. The number of carbonyl (C=O) groups is 1. The molecule has 3 rings (SSSR count). The Morgan fingerprint density at radius 2 is 1.96 bits per heavy atom. The highest BCUT2D eigenvalue weighted by molar-refractivity contribution is 7.11. The van der Waals surface area contributed by atoms with Crippen LogP contribution in [0.3, 0.4) is 0 Å². The van der Waals surface area contributed by atoms with Gasteiger partial charge in [0, 0.05) is 32.1 Å². The lowest BCUT2D eigenvalue weighted by Crippen LogP contribution is -2.45. The third-order valence-electron chi connectivity index (χ3n) is 4.77. The van der Waals surface area contributed by atoms with E-state index in [9.17, 15) is 9.18 Å². The van der Waals surface area contributed by atoms with E-state index in [1.807, 2.05) is 11.8 Å². The summed E-state index contributed by atoms with van der Waals surface area (Å²) < 4.78 is 13.2. The van der Waals surface area contributed by atoms with Gasteiger partial charge >= 0.3 is 0 Å². The first-order valence-electron chi connectivity index (χ1n) is 8.97. The minimum absolute atomic E-state index is 0.115. The highest BCUT2D eigenvalue weighted by Gasteiger charge is 2.32. The fourth-order valence-corrected chi connectivity index (χ4v) is 4.09. The monoisotopic (exact) mass is 376 g/mol. The first kappa shape index (κ1) is 18.9. The van der Waals surface area contributed by atoms with Gasteiger partial charge in [0.25, 0.3) is 0 Å². The summed E-state index contributed by atoms with van der Waals surface area (Å²) in [4.78, 5) is 17.1. The maximum absolute atomic E-state index is 13.2. The molecule has 1 atom stereocenters. The average Bonchev–Trinajstić information content (AvgIpc) is 2.94. The minimum atomic E-state index is -0.255. The van der Waals surface area contributed by atoms with E-state index in [1.165, 1.54) is 12.1 Å². The van der Waals surface area contributed by atoms with Crippen molar-refractivity contribution in [2.45, 2.75) is 46.3 Å². The first-order chi connectivity index (χ1) is 12.4. The van der Waals surface area contributed by atoms with Gasteiger partial charge in [0.15, 0.2) is 0 Å². The van der Waals surface area contributed by atoms with E-state index >= 15 is 0 Å². The standard InChI is InChI=1S/C19H25FN4OS/c1-13(2)17-11-23(12-18-22-21-14(3)26-18)9-8-19(25)24(17)10-15-4-6-16(20)7-5-15/h4-7,13,17H,8-12H2,1-3H3. The number of nitrogens with zero attached hydrogens (tertiary/aromatic N) is 4. The Bertz CT molecular complexity index is 746. The highest BCUT2D eigenvalue weighted by Crippen LogP contribution is 2.22. The summed E-state index contributed by atoms with van der Waals surface area (Å²) in [6.07, 6.45) is 0.488. The molecule has 26 heavy (non-hydrogen) atoms. The summed E-state index contributed by atoms with van der Waals surface area (Å²) in [6, 6.07) is 6.53. The Morgan fingerprint density at radius 3 is 2.58 bits per heavy atom. The summed E-state index contributed by atoms with van der Waals surface area (Å²) in [5.41, 5.74) is 0.957. The van der Waals surface area contributed by atoms with E-state index in [0.29, 0.717) is 18.9 Å². The second kappa shape index (κ2) is 8.22. The number of hydrogen-bond acceptors (Lipinski definition) is 5. The molecule has 140 valence electrons. The van der Waals surface area contributed by atoms with E-state index in [-0.39, 0.29) is 17.8 Å². The summed E-state index contributed by atoms with van der Waals surface area (Å²) >= 11 is 1.61. The van der Waals surface area contributed by atoms with Crippen molar-refractivity contribution < 1.29 is 9.18 Å². The molecule has 0 bridgehead atoms. The Balaban J connectivity index is 1.75. The molecular formula is C19H25FN4OS. The molecule has 2 heterocycles. The van der Waals surface area contributed by atoms with E-state index in [0.717, 1.165) is 35.2 Å². The van der Waals surface area contributed by atoms with Crippen LogP contribution in [-0.2, 0) is 17.9 Å². The molecule has 0 aliphatic carbocycles. The van der Waals surface area contributed by atoms with Crippen LogP contribution in [-0.4, -0.2) is 45.0 Å². The fourth-order valence-electron chi connectivity index (χ4n) is 3.34. The Kier molecular flexibility index (Phi) is 5.98. The minimum Gasteiger partial charge on any atom is -0.334 e. The molecule has 1 fully saturated rings. The van der Waals surface area contributed by atoms with Crippen molar-refractivity contribution >= 4 is 17.2 Å². The van der Waals surface area contributed by atoms with Crippen molar-refractivity contribution in [3.8, 4) is 0 Å². The molecule has 0 spiro atoms. The summed E-state index contributed by atoms with van der Waals surface area (Å²) in [5, 5.41) is 10.3. The molecule has 1 aliphatic rings. The molecule has 7 heteroatoms. The quantitative estimate of drug-likeness (QED) is 0.804. The van der Waals surface area contributed by atoms with Gasteiger partial charge in [-0.05, 0) is 30.5 Å². The third-order valence-corrected chi connectivity index (χ3v) is 5.59. The van der Waals surface area contributed by atoms with E-state index in [4.69, 9.17) is 0 Å². The molecular weight excluding hydrogens is 351 g/mol. The lowest BCUT2D eigenvalue weighted by Gasteiger charge is -2.34. The molecule has 0 N–H and O–H groups in total. The molecule has 1 aromatic carbocycles. The van der Waals surface area contributed by atoms with Crippen LogP contribution in [0.2, 0.25) is 0 Å². The molecule has 1 saturated heterocycles. The molecule has 1 amide bonds. The SMILES string of the molecule is Cc1nnc(CN2CCC(=O)N(Cc3ccc(F)cc3)C(C(C)C)C2)s1. The van der Waals surface area contributed by atoms with Crippen LogP contribution in [0.1, 0.15) is 35.8 Å². The smallest absolute Gasteiger partial charge is 0.224 e. The van der Waals surface area contributed by atoms with Gasteiger partial charge in [-0.1, -0.05) is 26.0 Å². The Labute approximate surface area is 157 Å². The topological polar surface area (TPSA) is 49.3 Å². The van der Waals surface area contributed by atoms with E-state index in [1.54, 1.807) is 23.5 Å². The predicted octanol–water partition coefficient (Wildman–Crippen LogP) is 3.24. The van der Waals surface area contributed by atoms with Crippen molar-refractivity contribution in [3.63, 3.8) is 0 Å². The van der Waals surface area contributed by atoms with Crippen molar-refractivity contribution in [1.29, 1.82) is 0 Å². The van der Waals surface area contributed by atoms with Crippen LogP contribution >= 0.6 is 11.3 Å².